The summed E-state index contributed by atoms with van der Waals surface area (Å²) in [4.78, 5) is 12.6. The van der Waals surface area contributed by atoms with E-state index in [9.17, 15) is 4.79 Å². The second kappa shape index (κ2) is 7.37. The Labute approximate surface area is 174 Å². The van der Waals surface area contributed by atoms with Crippen molar-refractivity contribution in [3.63, 3.8) is 0 Å². The molecule has 0 atom stereocenters. The van der Waals surface area contributed by atoms with Crippen molar-refractivity contribution in [2.45, 2.75) is 6.92 Å². The number of aryl methyl sites for hydroxylation is 1. The predicted octanol–water partition coefficient (Wildman–Crippen LogP) is 5.47. The van der Waals surface area contributed by atoms with E-state index in [1.807, 2.05) is 97.9 Å². The zero-order chi connectivity index (χ0) is 20.5. The molecule has 0 saturated carbocycles. The average molecular weight is 393 g/mol. The van der Waals surface area contributed by atoms with Gasteiger partial charge in [-0.2, -0.15) is 9.78 Å². The third-order valence-corrected chi connectivity index (χ3v) is 5.02. The van der Waals surface area contributed by atoms with Crippen LogP contribution in [0.2, 0.25) is 0 Å². The first-order valence-corrected chi connectivity index (χ1v) is 9.71. The van der Waals surface area contributed by atoms with Crippen LogP contribution in [-0.2, 0) is 4.79 Å². The van der Waals surface area contributed by atoms with Crippen molar-refractivity contribution in [1.29, 1.82) is 0 Å². The van der Waals surface area contributed by atoms with Crippen molar-refractivity contribution in [2.24, 2.45) is 0 Å². The lowest BCUT2D eigenvalue weighted by atomic mass is 10.0. The van der Waals surface area contributed by atoms with Crippen LogP contribution in [0.4, 0.5) is 5.69 Å². The minimum Gasteiger partial charge on any atom is -0.438 e. The number of anilines is 1. The quantitative estimate of drug-likeness (QED) is 0.468. The lowest BCUT2D eigenvalue weighted by Crippen LogP contribution is -2.04. The van der Waals surface area contributed by atoms with Crippen LogP contribution in [0.15, 0.2) is 84.9 Å². The molecule has 1 aliphatic heterocycles. The number of carbonyl (C=O) groups excluding carboxylic acids is 1. The number of nitrogens with zero attached hydrogens (tertiary/aromatic N) is 2. The summed E-state index contributed by atoms with van der Waals surface area (Å²) in [5.41, 5.74) is 4.71. The van der Waals surface area contributed by atoms with Gasteiger partial charge in [-0.05, 0) is 43.3 Å². The molecule has 0 aliphatic carbocycles. The summed E-state index contributed by atoms with van der Waals surface area (Å²) in [5, 5.41) is 7.64. The van der Waals surface area contributed by atoms with Gasteiger partial charge in [0.25, 0.3) is 5.91 Å². The average Bonchev–Trinajstić information content (AvgIpc) is 3.26. The number of hydrogen-bond donors (Lipinski definition) is 1. The van der Waals surface area contributed by atoms with Crippen molar-refractivity contribution in [1.82, 2.24) is 9.78 Å². The largest absolute Gasteiger partial charge is 0.438 e. The van der Waals surface area contributed by atoms with Gasteiger partial charge in [0.2, 0.25) is 5.88 Å². The number of nitrogens with one attached hydrogen (secondary N) is 1. The Morgan fingerprint density at radius 2 is 1.57 bits per heavy atom. The predicted molar refractivity (Wildman–Crippen MR) is 118 cm³/mol. The number of benzene rings is 3. The summed E-state index contributed by atoms with van der Waals surface area (Å²) in [5.74, 6) is 1.13. The second-order valence-corrected chi connectivity index (χ2v) is 7.02. The lowest BCUT2D eigenvalue weighted by molar-refractivity contribution is -0.110. The second-order valence-electron chi connectivity index (χ2n) is 7.02. The molecule has 1 amide bonds. The van der Waals surface area contributed by atoms with Gasteiger partial charge in [-0.3, -0.25) is 4.79 Å². The van der Waals surface area contributed by atoms with E-state index in [1.165, 1.54) is 0 Å². The topological polar surface area (TPSA) is 56.2 Å². The fraction of sp³-hybridized carbons (Fsp3) is 0.0400. The molecular formula is C25H19N3O2. The van der Waals surface area contributed by atoms with Crippen LogP contribution in [0, 0.1) is 6.92 Å². The molecule has 5 heteroatoms. The molecule has 30 heavy (non-hydrogen) atoms. The van der Waals surface area contributed by atoms with E-state index >= 15 is 0 Å². The summed E-state index contributed by atoms with van der Waals surface area (Å²) in [6.07, 6.45) is 1.86. The van der Waals surface area contributed by atoms with Gasteiger partial charge in [-0.25, -0.2) is 0 Å². The molecule has 4 aromatic rings. The first-order chi connectivity index (χ1) is 14.7. The monoisotopic (exact) mass is 393 g/mol. The normalized spacial score (nSPS) is 13.9. The molecule has 3 aromatic carbocycles. The van der Waals surface area contributed by atoms with Crippen molar-refractivity contribution in [2.75, 3.05) is 5.32 Å². The maximum atomic E-state index is 12.6. The highest BCUT2D eigenvalue weighted by Gasteiger charge is 2.26. The smallest absolute Gasteiger partial charge is 0.256 e. The van der Waals surface area contributed by atoms with Gasteiger partial charge < -0.3 is 10.1 Å². The zero-order valence-electron chi connectivity index (χ0n) is 16.4. The van der Waals surface area contributed by atoms with E-state index < -0.39 is 0 Å². The summed E-state index contributed by atoms with van der Waals surface area (Å²) in [7, 11) is 0. The van der Waals surface area contributed by atoms with E-state index in [1.54, 1.807) is 4.68 Å². The number of ether oxygens (including phenoxy) is 1. The molecule has 1 N–H and O–H groups in total. The number of amides is 1. The van der Waals surface area contributed by atoms with Crippen LogP contribution in [0.5, 0.6) is 11.6 Å². The van der Waals surface area contributed by atoms with Crippen LogP contribution in [0.1, 0.15) is 16.8 Å². The van der Waals surface area contributed by atoms with Gasteiger partial charge in [0, 0.05) is 16.8 Å². The Hall–Kier alpha value is -4.12. The molecule has 0 saturated heterocycles. The van der Waals surface area contributed by atoms with Gasteiger partial charge in [-0.1, -0.05) is 54.6 Å². The van der Waals surface area contributed by atoms with E-state index in [2.05, 4.69) is 5.32 Å². The van der Waals surface area contributed by atoms with Crippen molar-refractivity contribution in [3.05, 3.63) is 102 Å². The van der Waals surface area contributed by atoms with E-state index in [4.69, 9.17) is 9.84 Å². The summed E-state index contributed by atoms with van der Waals surface area (Å²) >= 11 is 0. The number of fused-ring (bicyclic) bond motifs is 1. The molecule has 2 heterocycles. The van der Waals surface area contributed by atoms with Crippen molar-refractivity contribution in [3.8, 4) is 17.3 Å². The maximum Gasteiger partial charge on any atom is 0.256 e. The van der Waals surface area contributed by atoms with Crippen LogP contribution < -0.4 is 10.1 Å². The molecule has 1 aromatic heterocycles. The minimum absolute atomic E-state index is 0.131. The molecule has 0 radical (unpaired) electrons. The Morgan fingerprint density at radius 3 is 2.33 bits per heavy atom. The summed E-state index contributed by atoms with van der Waals surface area (Å²) in [6, 6.07) is 27.1. The number of para-hydroxylation sites is 3. The Bertz CT molecular complexity index is 1260. The number of rotatable bonds is 4. The Morgan fingerprint density at radius 1 is 0.900 bits per heavy atom. The molecule has 1 aliphatic rings. The third-order valence-electron chi connectivity index (χ3n) is 5.02. The van der Waals surface area contributed by atoms with E-state index in [0.29, 0.717) is 17.2 Å². The highest BCUT2D eigenvalue weighted by Crippen LogP contribution is 2.37. The standard InChI is InChI=1S/C25H19N3O2/c1-17-21(16-22-20-14-8-9-15-23(20)26-24(22)29)25(30-19-12-6-3-7-13-19)28(27-17)18-10-4-2-5-11-18/h2-16H,1H3,(H,26,29). The molecule has 146 valence electrons. The minimum atomic E-state index is -0.131. The van der Waals surface area contributed by atoms with E-state index in [-0.39, 0.29) is 5.91 Å². The third kappa shape index (κ3) is 3.16. The fourth-order valence-corrected chi connectivity index (χ4v) is 3.55. The van der Waals surface area contributed by atoms with Crippen LogP contribution >= 0.6 is 0 Å². The van der Waals surface area contributed by atoms with Crippen molar-refractivity contribution < 1.29 is 9.53 Å². The van der Waals surface area contributed by atoms with Gasteiger partial charge in [-0.15, -0.1) is 0 Å². The molecular weight excluding hydrogens is 374 g/mol. The van der Waals surface area contributed by atoms with Gasteiger partial charge in [0.05, 0.1) is 16.9 Å². The highest BCUT2D eigenvalue weighted by atomic mass is 16.5. The molecule has 0 unspecified atom stereocenters. The van der Waals surface area contributed by atoms with Crippen molar-refractivity contribution >= 4 is 23.2 Å². The van der Waals surface area contributed by atoms with Crippen LogP contribution in [0.25, 0.3) is 17.3 Å². The maximum absolute atomic E-state index is 12.6. The Kier molecular flexibility index (Phi) is 4.41. The molecule has 0 fully saturated rings. The molecule has 0 spiro atoms. The van der Waals surface area contributed by atoms with Crippen LogP contribution in [0.3, 0.4) is 0 Å². The Balaban J connectivity index is 1.69. The fourth-order valence-electron chi connectivity index (χ4n) is 3.55. The number of carbonyl (C=O) groups is 1. The molecule has 5 rings (SSSR count). The van der Waals surface area contributed by atoms with E-state index in [0.717, 1.165) is 28.2 Å². The highest BCUT2D eigenvalue weighted by molar-refractivity contribution is 6.35. The summed E-state index contributed by atoms with van der Waals surface area (Å²) in [6.45, 7) is 1.92. The molecule has 0 bridgehead atoms. The first-order valence-electron chi connectivity index (χ1n) is 9.71. The van der Waals surface area contributed by atoms with Crippen LogP contribution in [-0.4, -0.2) is 15.7 Å². The van der Waals surface area contributed by atoms with Gasteiger partial charge >= 0.3 is 0 Å². The lowest BCUT2D eigenvalue weighted by Gasteiger charge is -2.10. The molecule has 5 nitrogen and oxygen atoms in total. The number of aromatic nitrogens is 2. The summed E-state index contributed by atoms with van der Waals surface area (Å²) < 4.78 is 8.04. The van der Waals surface area contributed by atoms with Gasteiger partial charge in [0.15, 0.2) is 0 Å². The SMILES string of the molecule is Cc1nn(-c2ccccc2)c(Oc2ccccc2)c1C=C1C(=O)Nc2ccccc21. The number of hydrogen-bond acceptors (Lipinski definition) is 3. The van der Waals surface area contributed by atoms with Gasteiger partial charge in [0.1, 0.15) is 5.75 Å². The zero-order valence-corrected chi connectivity index (χ0v) is 16.4. The first kappa shape index (κ1) is 17.9.